The zero-order chi connectivity index (χ0) is 22.8. The predicted octanol–water partition coefficient (Wildman–Crippen LogP) is 4.67. The van der Waals surface area contributed by atoms with Crippen molar-refractivity contribution in [1.29, 1.82) is 0 Å². The molecule has 1 fully saturated rings. The van der Waals surface area contributed by atoms with E-state index in [-0.39, 0.29) is 18.0 Å². The van der Waals surface area contributed by atoms with Gasteiger partial charge in [-0.25, -0.2) is 9.97 Å². The molecule has 1 aliphatic rings. The van der Waals surface area contributed by atoms with E-state index in [1.807, 2.05) is 31.5 Å². The Labute approximate surface area is 192 Å². The highest BCUT2D eigenvalue weighted by molar-refractivity contribution is 5.95. The number of benzene rings is 2. The third kappa shape index (κ3) is 4.53. The summed E-state index contributed by atoms with van der Waals surface area (Å²) in [5, 5.41) is 7.82. The Hall–Kier alpha value is -3.87. The number of carbonyl (C=O) groups excluding carboxylic acids is 1. The van der Waals surface area contributed by atoms with Gasteiger partial charge in [0.05, 0.1) is 5.69 Å². The van der Waals surface area contributed by atoms with E-state index in [4.69, 9.17) is 10.7 Å². The first-order valence-corrected chi connectivity index (χ1v) is 11.4. The maximum Gasteiger partial charge on any atom is 0.251 e. The van der Waals surface area contributed by atoms with Crippen molar-refractivity contribution in [1.82, 2.24) is 20.3 Å². The molecule has 2 aromatic heterocycles. The van der Waals surface area contributed by atoms with Crippen LogP contribution in [0.5, 0.6) is 0 Å². The summed E-state index contributed by atoms with van der Waals surface area (Å²) in [4.78, 5) is 25.3. The summed E-state index contributed by atoms with van der Waals surface area (Å²) in [6, 6.07) is 15.6. The van der Waals surface area contributed by atoms with E-state index in [2.05, 4.69) is 32.7 Å². The van der Waals surface area contributed by atoms with Crippen molar-refractivity contribution in [2.45, 2.75) is 44.7 Å². The molecule has 4 aromatic rings. The average Bonchev–Trinajstić information content (AvgIpc) is 3.25. The number of amides is 1. The maximum absolute atomic E-state index is 12.6. The first kappa shape index (κ1) is 21.0. The number of hydrogen-bond donors (Lipinski definition) is 4. The van der Waals surface area contributed by atoms with Crippen molar-refractivity contribution < 1.29 is 4.79 Å². The molecule has 0 radical (unpaired) electrons. The molecule has 0 unspecified atom stereocenters. The number of nitrogen functional groups attached to an aromatic ring is 1. The molecule has 1 aliphatic carbocycles. The second-order valence-electron chi connectivity index (χ2n) is 8.77. The van der Waals surface area contributed by atoms with Crippen LogP contribution in [0.2, 0.25) is 0 Å². The van der Waals surface area contributed by atoms with Gasteiger partial charge >= 0.3 is 0 Å². The zero-order valence-corrected chi connectivity index (χ0v) is 18.6. The number of fused-ring (bicyclic) bond motifs is 1. The fourth-order valence-electron chi connectivity index (χ4n) is 4.59. The largest absolute Gasteiger partial charge is 0.399 e. The standard InChI is InChI=1S/C26H28N6O/c1-16-14-29-26(32-24(16)22-15-28-23-8-3-2-7-21(22)23)31-20-6-4-5-19(13-20)30-25(33)17-9-11-18(27)12-10-17/h2-3,7-12,14-15,19-20,28H,4-6,13,27H2,1H3,(H,30,33)(H,29,31,32)/t19-,20+/m0/s1. The topological polar surface area (TPSA) is 109 Å². The van der Waals surface area contributed by atoms with Gasteiger partial charge in [0.2, 0.25) is 5.95 Å². The molecule has 5 rings (SSSR count). The number of aromatic amines is 1. The van der Waals surface area contributed by atoms with Crippen LogP contribution in [-0.2, 0) is 0 Å². The molecule has 1 amide bonds. The normalized spacial score (nSPS) is 18.2. The molecule has 2 aromatic carbocycles. The van der Waals surface area contributed by atoms with E-state index < -0.39 is 0 Å². The number of nitrogens with zero attached hydrogens (tertiary/aromatic N) is 2. The highest BCUT2D eigenvalue weighted by atomic mass is 16.1. The number of nitrogens with two attached hydrogens (primary N) is 1. The van der Waals surface area contributed by atoms with Crippen molar-refractivity contribution in [2.75, 3.05) is 11.1 Å². The van der Waals surface area contributed by atoms with Crippen LogP contribution in [0.3, 0.4) is 0 Å². The maximum atomic E-state index is 12.6. The minimum atomic E-state index is -0.0612. The first-order valence-electron chi connectivity index (χ1n) is 11.4. The molecule has 2 heterocycles. The molecule has 1 saturated carbocycles. The number of carbonyl (C=O) groups is 1. The number of aryl methyl sites for hydroxylation is 1. The molecule has 0 bridgehead atoms. The number of aromatic nitrogens is 3. The summed E-state index contributed by atoms with van der Waals surface area (Å²) >= 11 is 0. The molecule has 2 atom stereocenters. The van der Waals surface area contributed by atoms with Crippen LogP contribution in [0.4, 0.5) is 11.6 Å². The molecule has 7 nitrogen and oxygen atoms in total. The van der Waals surface area contributed by atoms with E-state index in [9.17, 15) is 4.79 Å². The van der Waals surface area contributed by atoms with E-state index in [0.717, 1.165) is 53.4 Å². The van der Waals surface area contributed by atoms with Gasteiger partial charge in [-0.15, -0.1) is 0 Å². The van der Waals surface area contributed by atoms with Gasteiger partial charge < -0.3 is 21.4 Å². The molecule has 0 aliphatic heterocycles. The third-order valence-electron chi connectivity index (χ3n) is 6.33. The molecule has 7 heteroatoms. The number of nitrogens with one attached hydrogen (secondary N) is 3. The summed E-state index contributed by atoms with van der Waals surface area (Å²) in [6.07, 6.45) is 7.73. The molecular weight excluding hydrogens is 412 g/mol. The molecule has 0 spiro atoms. The van der Waals surface area contributed by atoms with E-state index in [1.165, 1.54) is 0 Å². The minimum absolute atomic E-state index is 0.0612. The molecule has 33 heavy (non-hydrogen) atoms. The lowest BCUT2D eigenvalue weighted by Crippen LogP contribution is -2.42. The second-order valence-corrected chi connectivity index (χ2v) is 8.77. The van der Waals surface area contributed by atoms with Crippen molar-refractivity contribution >= 4 is 28.4 Å². The van der Waals surface area contributed by atoms with E-state index >= 15 is 0 Å². The minimum Gasteiger partial charge on any atom is -0.399 e. The average molecular weight is 441 g/mol. The smallest absolute Gasteiger partial charge is 0.251 e. The highest BCUT2D eigenvalue weighted by Crippen LogP contribution is 2.30. The lowest BCUT2D eigenvalue weighted by atomic mass is 9.91. The Kier molecular flexibility index (Phi) is 5.69. The quantitative estimate of drug-likeness (QED) is 0.337. The van der Waals surface area contributed by atoms with Crippen LogP contribution in [0.25, 0.3) is 22.2 Å². The molecule has 5 N–H and O–H groups in total. The summed E-state index contributed by atoms with van der Waals surface area (Å²) in [6.45, 7) is 2.03. The number of hydrogen-bond acceptors (Lipinski definition) is 5. The molecular formula is C26H28N6O. The van der Waals surface area contributed by atoms with Crippen molar-refractivity contribution in [3.8, 4) is 11.3 Å². The monoisotopic (exact) mass is 440 g/mol. The first-order chi connectivity index (χ1) is 16.1. The van der Waals surface area contributed by atoms with Gasteiger partial charge in [0.25, 0.3) is 5.91 Å². The number of para-hydroxylation sites is 1. The second kappa shape index (κ2) is 8.94. The third-order valence-corrected chi connectivity index (χ3v) is 6.33. The van der Waals surface area contributed by atoms with E-state index in [0.29, 0.717) is 17.2 Å². The number of rotatable bonds is 5. The Bertz CT molecular complexity index is 1280. The van der Waals surface area contributed by atoms with Crippen molar-refractivity contribution in [3.05, 3.63) is 72.1 Å². The van der Waals surface area contributed by atoms with Gasteiger partial charge in [-0.05, 0) is 68.5 Å². The van der Waals surface area contributed by atoms with Crippen LogP contribution in [0, 0.1) is 6.92 Å². The Balaban J connectivity index is 1.29. The van der Waals surface area contributed by atoms with Gasteiger partial charge in [0.1, 0.15) is 0 Å². The Morgan fingerprint density at radius 2 is 1.88 bits per heavy atom. The predicted molar refractivity (Wildman–Crippen MR) is 132 cm³/mol. The lowest BCUT2D eigenvalue weighted by Gasteiger charge is -2.30. The van der Waals surface area contributed by atoms with E-state index in [1.54, 1.807) is 24.3 Å². The molecule has 168 valence electrons. The number of anilines is 2. The Morgan fingerprint density at radius 3 is 2.73 bits per heavy atom. The fourth-order valence-corrected chi connectivity index (χ4v) is 4.59. The van der Waals surface area contributed by atoms with Crippen molar-refractivity contribution in [3.63, 3.8) is 0 Å². The summed E-state index contributed by atoms with van der Waals surface area (Å²) < 4.78 is 0. The van der Waals surface area contributed by atoms with Crippen LogP contribution in [0.15, 0.2) is 60.9 Å². The fraction of sp³-hybridized carbons (Fsp3) is 0.269. The van der Waals surface area contributed by atoms with Crippen LogP contribution in [-0.4, -0.2) is 32.9 Å². The van der Waals surface area contributed by atoms with Gasteiger partial charge in [0, 0.05) is 52.2 Å². The molecule has 0 saturated heterocycles. The summed E-state index contributed by atoms with van der Waals surface area (Å²) in [5.41, 5.74) is 11.1. The van der Waals surface area contributed by atoms with Crippen LogP contribution in [0.1, 0.15) is 41.6 Å². The van der Waals surface area contributed by atoms with Gasteiger partial charge in [0.15, 0.2) is 0 Å². The van der Waals surface area contributed by atoms with Crippen molar-refractivity contribution in [2.24, 2.45) is 0 Å². The Morgan fingerprint density at radius 1 is 1.09 bits per heavy atom. The lowest BCUT2D eigenvalue weighted by molar-refractivity contribution is 0.0926. The van der Waals surface area contributed by atoms with Crippen LogP contribution < -0.4 is 16.4 Å². The van der Waals surface area contributed by atoms with Gasteiger partial charge in [-0.2, -0.15) is 0 Å². The SMILES string of the molecule is Cc1cnc(N[C@@H]2CCC[C@H](NC(=O)c3ccc(N)cc3)C2)nc1-c1c[nH]c2ccccc12. The summed E-state index contributed by atoms with van der Waals surface area (Å²) in [5.74, 6) is 0.560. The van der Waals surface area contributed by atoms with Gasteiger partial charge in [-0.1, -0.05) is 18.2 Å². The van der Waals surface area contributed by atoms with Gasteiger partial charge in [-0.3, -0.25) is 4.79 Å². The highest BCUT2D eigenvalue weighted by Gasteiger charge is 2.24. The number of H-pyrrole nitrogens is 1. The van der Waals surface area contributed by atoms with Crippen LogP contribution >= 0.6 is 0 Å². The zero-order valence-electron chi connectivity index (χ0n) is 18.6. The summed E-state index contributed by atoms with van der Waals surface area (Å²) in [7, 11) is 0.